The molecule has 6 heteroatoms. The first kappa shape index (κ1) is 16.7. The average Bonchev–Trinajstić information content (AvgIpc) is 2.62. The van der Waals surface area contributed by atoms with Crippen molar-refractivity contribution < 1.29 is 24.2 Å². The molecule has 0 fully saturated rings. The van der Waals surface area contributed by atoms with Crippen LogP contribution in [-0.2, 0) is 16.0 Å². The van der Waals surface area contributed by atoms with E-state index in [1.165, 1.54) is 6.07 Å². The molecule has 2 amide bonds. The first-order valence-corrected chi connectivity index (χ1v) is 7.83. The molecule has 6 nitrogen and oxygen atoms in total. The van der Waals surface area contributed by atoms with Crippen molar-refractivity contribution in [1.82, 2.24) is 4.90 Å². The second kappa shape index (κ2) is 6.76. The lowest BCUT2D eigenvalue weighted by atomic mass is 9.88. The molecule has 1 unspecified atom stereocenters. The number of fused-ring (bicyclic) bond motifs is 1. The van der Waals surface area contributed by atoms with E-state index in [9.17, 15) is 19.5 Å². The van der Waals surface area contributed by atoms with Crippen molar-refractivity contribution in [1.29, 1.82) is 0 Å². The summed E-state index contributed by atoms with van der Waals surface area (Å²) in [6.07, 6.45) is 0.440. The van der Waals surface area contributed by atoms with Crippen molar-refractivity contribution in [3.8, 4) is 5.75 Å². The van der Waals surface area contributed by atoms with Crippen LogP contribution in [0.4, 0.5) is 0 Å². The number of carbonyl (C=O) groups excluding carboxylic acids is 2. The normalized spacial score (nSPS) is 16.5. The molecular weight excluding hydrogens is 322 g/mol. The van der Waals surface area contributed by atoms with E-state index in [0.29, 0.717) is 12.2 Å². The lowest BCUT2D eigenvalue weighted by molar-refractivity contribution is -0.146. The van der Waals surface area contributed by atoms with Crippen LogP contribution in [0.15, 0.2) is 48.5 Å². The number of methoxy groups -OCH3 is 1. The summed E-state index contributed by atoms with van der Waals surface area (Å²) in [7, 11) is 1.57. The van der Waals surface area contributed by atoms with Gasteiger partial charge in [-0.15, -0.1) is 0 Å². The zero-order valence-electron chi connectivity index (χ0n) is 13.6. The predicted molar refractivity (Wildman–Crippen MR) is 89.6 cm³/mol. The molecular formula is C19H17NO5. The molecule has 0 saturated heterocycles. The molecule has 3 rings (SSSR count). The third kappa shape index (κ3) is 3.10. The fourth-order valence-corrected chi connectivity index (χ4v) is 2.96. The summed E-state index contributed by atoms with van der Waals surface area (Å²) in [5, 5.41) is 9.43. The van der Waals surface area contributed by atoms with Crippen molar-refractivity contribution in [3.63, 3.8) is 0 Å². The average molecular weight is 339 g/mol. The highest BCUT2D eigenvalue weighted by Gasteiger charge is 2.42. The summed E-state index contributed by atoms with van der Waals surface area (Å²) >= 11 is 0. The maximum absolute atomic E-state index is 12.6. The Morgan fingerprint density at radius 2 is 1.80 bits per heavy atom. The number of ether oxygens (including phenoxy) is 1. The molecule has 1 aliphatic heterocycles. The number of hydrogen-bond donors (Lipinski definition) is 1. The molecule has 1 heterocycles. The summed E-state index contributed by atoms with van der Waals surface area (Å²) in [6, 6.07) is 13.6. The van der Waals surface area contributed by atoms with Gasteiger partial charge in [-0.3, -0.25) is 19.3 Å². The van der Waals surface area contributed by atoms with Crippen LogP contribution in [0.1, 0.15) is 27.4 Å². The van der Waals surface area contributed by atoms with Crippen LogP contribution in [0.3, 0.4) is 0 Å². The van der Waals surface area contributed by atoms with E-state index >= 15 is 0 Å². The largest absolute Gasteiger partial charge is 0.497 e. The van der Waals surface area contributed by atoms with Gasteiger partial charge < -0.3 is 9.84 Å². The van der Waals surface area contributed by atoms with Crippen molar-refractivity contribution in [3.05, 3.63) is 65.2 Å². The molecule has 0 aromatic heterocycles. The van der Waals surface area contributed by atoms with E-state index in [0.717, 1.165) is 10.5 Å². The van der Waals surface area contributed by atoms with Gasteiger partial charge in [-0.2, -0.15) is 0 Å². The fourth-order valence-electron chi connectivity index (χ4n) is 2.96. The molecule has 0 aliphatic carbocycles. The van der Waals surface area contributed by atoms with Gasteiger partial charge in [0.05, 0.1) is 7.11 Å². The van der Waals surface area contributed by atoms with Crippen LogP contribution in [0.25, 0.3) is 0 Å². The van der Waals surface area contributed by atoms with Gasteiger partial charge in [0.1, 0.15) is 5.75 Å². The maximum atomic E-state index is 12.6. The Kier molecular flexibility index (Phi) is 4.52. The first-order chi connectivity index (χ1) is 12.0. The molecule has 2 aromatic carbocycles. The van der Waals surface area contributed by atoms with Crippen LogP contribution in [0, 0.1) is 0 Å². The second-order valence-electron chi connectivity index (χ2n) is 5.75. The van der Waals surface area contributed by atoms with Gasteiger partial charge in [-0.05, 0) is 35.7 Å². The van der Waals surface area contributed by atoms with E-state index in [1.54, 1.807) is 37.4 Å². The van der Waals surface area contributed by atoms with E-state index in [1.807, 2.05) is 12.1 Å². The number of carbonyl (C=O) groups is 3. The predicted octanol–water partition coefficient (Wildman–Crippen LogP) is 2.09. The number of nitrogens with zero attached hydrogens (tertiary/aromatic N) is 1. The number of carboxylic acid groups (broad SMARTS) is 1. The minimum Gasteiger partial charge on any atom is -0.497 e. The molecule has 0 saturated carbocycles. The number of imide groups is 1. The summed E-state index contributed by atoms with van der Waals surface area (Å²) in [6.45, 7) is 0.127. The SMILES string of the molecule is COc1ccc(CCN2C(=O)c3ccccc3C(C(=O)O)C2=O)cc1. The first-order valence-electron chi connectivity index (χ1n) is 7.83. The van der Waals surface area contributed by atoms with Crippen LogP contribution in [0.2, 0.25) is 0 Å². The van der Waals surface area contributed by atoms with Crippen LogP contribution in [-0.4, -0.2) is 41.4 Å². The standard InChI is InChI=1S/C19H17NO5/c1-25-13-8-6-12(7-9-13)10-11-20-17(21)15-5-3-2-4-14(15)16(18(20)22)19(23)24/h2-9,16H,10-11H2,1H3,(H,23,24). The maximum Gasteiger partial charge on any atom is 0.320 e. The summed E-state index contributed by atoms with van der Waals surface area (Å²) in [4.78, 5) is 37.8. The van der Waals surface area contributed by atoms with Gasteiger partial charge in [0.15, 0.2) is 5.92 Å². The van der Waals surface area contributed by atoms with Gasteiger partial charge in [0.25, 0.3) is 5.91 Å². The van der Waals surface area contributed by atoms with E-state index in [4.69, 9.17) is 4.74 Å². The molecule has 1 atom stereocenters. The minimum atomic E-state index is -1.34. The van der Waals surface area contributed by atoms with E-state index in [2.05, 4.69) is 0 Å². The monoisotopic (exact) mass is 339 g/mol. The number of carboxylic acids is 1. The van der Waals surface area contributed by atoms with Gasteiger partial charge >= 0.3 is 5.97 Å². The van der Waals surface area contributed by atoms with E-state index < -0.39 is 23.7 Å². The third-order valence-electron chi connectivity index (χ3n) is 4.29. The molecule has 1 aliphatic rings. The van der Waals surface area contributed by atoms with Crippen molar-refractivity contribution >= 4 is 17.8 Å². The highest BCUT2D eigenvalue weighted by Crippen LogP contribution is 2.29. The lowest BCUT2D eigenvalue weighted by Crippen LogP contribution is -2.47. The molecule has 0 bridgehead atoms. The van der Waals surface area contributed by atoms with Gasteiger partial charge in [-0.1, -0.05) is 30.3 Å². The molecule has 128 valence electrons. The minimum absolute atomic E-state index is 0.127. The number of amides is 2. The highest BCUT2D eigenvalue weighted by atomic mass is 16.5. The highest BCUT2D eigenvalue weighted by molar-refractivity contribution is 6.17. The summed E-state index contributed by atoms with van der Waals surface area (Å²) < 4.78 is 5.09. The Bertz CT molecular complexity index is 828. The Morgan fingerprint density at radius 1 is 1.12 bits per heavy atom. The number of rotatable bonds is 5. The van der Waals surface area contributed by atoms with Gasteiger partial charge in [-0.25, -0.2) is 0 Å². The van der Waals surface area contributed by atoms with E-state index in [-0.39, 0.29) is 17.7 Å². The molecule has 2 aromatic rings. The molecule has 0 radical (unpaired) electrons. The molecule has 25 heavy (non-hydrogen) atoms. The zero-order valence-corrected chi connectivity index (χ0v) is 13.6. The topological polar surface area (TPSA) is 83.9 Å². The molecule has 0 spiro atoms. The summed E-state index contributed by atoms with van der Waals surface area (Å²) in [5.41, 5.74) is 1.45. The fraction of sp³-hybridized carbons (Fsp3) is 0.211. The Hall–Kier alpha value is -3.15. The van der Waals surface area contributed by atoms with Crippen molar-refractivity contribution in [2.24, 2.45) is 0 Å². The van der Waals surface area contributed by atoms with Crippen molar-refractivity contribution in [2.45, 2.75) is 12.3 Å². The number of hydrogen-bond acceptors (Lipinski definition) is 4. The van der Waals surface area contributed by atoms with Gasteiger partial charge in [0, 0.05) is 12.1 Å². The van der Waals surface area contributed by atoms with Gasteiger partial charge in [0.2, 0.25) is 5.91 Å². The number of benzene rings is 2. The van der Waals surface area contributed by atoms with Crippen LogP contribution < -0.4 is 4.74 Å². The smallest absolute Gasteiger partial charge is 0.320 e. The molecule has 1 N–H and O–H groups in total. The van der Waals surface area contributed by atoms with Crippen LogP contribution in [0.5, 0.6) is 5.75 Å². The Morgan fingerprint density at radius 3 is 2.44 bits per heavy atom. The zero-order chi connectivity index (χ0) is 18.0. The lowest BCUT2D eigenvalue weighted by Gasteiger charge is -2.30. The quantitative estimate of drug-likeness (QED) is 0.666. The van der Waals surface area contributed by atoms with Crippen LogP contribution >= 0.6 is 0 Å². The summed E-state index contributed by atoms with van der Waals surface area (Å²) in [5.74, 6) is -3.02. The Balaban J connectivity index is 1.84. The second-order valence-corrected chi connectivity index (χ2v) is 5.75. The number of aliphatic carboxylic acids is 1. The third-order valence-corrected chi connectivity index (χ3v) is 4.29. The van der Waals surface area contributed by atoms with Crippen molar-refractivity contribution in [2.75, 3.05) is 13.7 Å². The Labute approximate surface area is 144 Å².